The van der Waals surface area contributed by atoms with E-state index in [4.69, 9.17) is 26.8 Å². The van der Waals surface area contributed by atoms with Crippen LogP contribution in [0.3, 0.4) is 0 Å². The predicted octanol–water partition coefficient (Wildman–Crippen LogP) is 6.03. The van der Waals surface area contributed by atoms with Crippen LogP contribution in [0.4, 0.5) is 0 Å². The van der Waals surface area contributed by atoms with Gasteiger partial charge in [0.1, 0.15) is 10.9 Å². The minimum atomic E-state index is -0.890. The molecule has 2 aromatic carbocycles. The number of amides is 1. The molecule has 1 saturated heterocycles. The molecule has 6 nitrogen and oxygen atoms in total. The summed E-state index contributed by atoms with van der Waals surface area (Å²) in [6.45, 7) is 9.65. The first-order chi connectivity index (χ1) is 16.6. The van der Waals surface area contributed by atoms with Crippen LogP contribution in [-0.2, 0) is 21.6 Å². The molecule has 35 heavy (non-hydrogen) atoms. The summed E-state index contributed by atoms with van der Waals surface area (Å²) in [5.41, 5.74) is 3.23. The molecule has 1 fully saturated rings. The Labute approximate surface area is 216 Å². The minimum absolute atomic E-state index is 0.00395. The summed E-state index contributed by atoms with van der Waals surface area (Å²) in [6, 6.07) is 14.0. The van der Waals surface area contributed by atoms with Crippen LogP contribution in [0.15, 0.2) is 47.4 Å². The second-order valence-corrected chi connectivity index (χ2v) is 10.9. The van der Waals surface area contributed by atoms with Crippen LogP contribution in [0.1, 0.15) is 57.2 Å². The van der Waals surface area contributed by atoms with Gasteiger partial charge in [-0.05, 0) is 53.7 Å². The summed E-state index contributed by atoms with van der Waals surface area (Å²) in [4.78, 5) is 25.5. The number of ether oxygens (including phenoxy) is 2. The summed E-state index contributed by atoms with van der Waals surface area (Å²) in [7, 11) is 0. The van der Waals surface area contributed by atoms with Gasteiger partial charge in [-0.3, -0.25) is 14.5 Å². The molecule has 0 atom stereocenters. The summed E-state index contributed by atoms with van der Waals surface area (Å²) in [5.74, 6) is 0.135. The fourth-order valence-corrected chi connectivity index (χ4v) is 4.81. The Morgan fingerprint density at radius 1 is 1.11 bits per heavy atom. The lowest BCUT2D eigenvalue weighted by Crippen LogP contribution is -2.29. The van der Waals surface area contributed by atoms with E-state index in [-0.39, 0.29) is 17.7 Å². The van der Waals surface area contributed by atoms with Crippen molar-refractivity contribution in [1.29, 1.82) is 0 Å². The highest BCUT2D eigenvalue weighted by molar-refractivity contribution is 8.26. The summed E-state index contributed by atoms with van der Waals surface area (Å²) in [6.07, 6.45) is 2.12. The van der Waals surface area contributed by atoms with Gasteiger partial charge in [0.2, 0.25) is 0 Å². The standard InChI is InChI=1S/C27H31NO5S2/c1-5-32-22-15-19(16-23-25(31)28(26(34)35-23)14-6-7-24(29)30)10-13-21(22)33-17-18-8-11-20(12-9-18)27(2,3)4/h8-13,15-16H,5-7,14,17H2,1-4H3,(H,29,30)/b23-16+. The first-order valence-corrected chi connectivity index (χ1v) is 12.8. The van der Waals surface area contributed by atoms with Crippen LogP contribution in [0.25, 0.3) is 6.08 Å². The van der Waals surface area contributed by atoms with Crippen molar-refractivity contribution < 1.29 is 24.2 Å². The number of thiocarbonyl (C=S) groups is 1. The molecular weight excluding hydrogens is 482 g/mol. The second-order valence-electron chi connectivity index (χ2n) is 9.21. The molecule has 8 heteroatoms. The molecule has 1 aliphatic rings. The number of benzene rings is 2. The Bertz CT molecular complexity index is 1120. The van der Waals surface area contributed by atoms with Crippen molar-refractivity contribution in [2.75, 3.05) is 13.2 Å². The molecule has 0 bridgehead atoms. The molecule has 186 valence electrons. The van der Waals surface area contributed by atoms with E-state index in [0.29, 0.717) is 46.9 Å². The Hall–Kier alpha value is -2.84. The normalized spacial score (nSPS) is 15.1. The molecule has 1 amide bonds. The van der Waals surface area contributed by atoms with Gasteiger partial charge in [-0.25, -0.2) is 0 Å². The molecule has 2 aromatic rings. The number of hydrogen-bond acceptors (Lipinski definition) is 6. The molecule has 0 unspecified atom stereocenters. The van der Waals surface area contributed by atoms with Gasteiger partial charge in [-0.15, -0.1) is 0 Å². The van der Waals surface area contributed by atoms with Crippen molar-refractivity contribution in [3.8, 4) is 11.5 Å². The lowest BCUT2D eigenvalue weighted by Gasteiger charge is -2.19. The van der Waals surface area contributed by atoms with E-state index in [9.17, 15) is 9.59 Å². The molecule has 1 heterocycles. The third-order valence-corrected chi connectivity index (χ3v) is 6.80. The molecule has 1 aliphatic heterocycles. The van der Waals surface area contributed by atoms with Crippen molar-refractivity contribution in [3.05, 3.63) is 64.1 Å². The summed E-state index contributed by atoms with van der Waals surface area (Å²) in [5, 5.41) is 8.83. The highest BCUT2D eigenvalue weighted by Crippen LogP contribution is 2.35. The van der Waals surface area contributed by atoms with Gasteiger partial charge >= 0.3 is 5.97 Å². The monoisotopic (exact) mass is 513 g/mol. The van der Waals surface area contributed by atoms with Crippen molar-refractivity contribution in [2.45, 2.75) is 52.6 Å². The Balaban J connectivity index is 1.71. The average molecular weight is 514 g/mol. The zero-order valence-electron chi connectivity index (χ0n) is 20.5. The molecule has 3 rings (SSSR count). The summed E-state index contributed by atoms with van der Waals surface area (Å²) >= 11 is 6.54. The quantitative estimate of drug-likeness (QED) is 0.307. The third-order valence-electron chi connectivity index (χ3n) is 5.43. The first-order valence-electron chi connectivity index (χ1n) is 11.5. The maximum Gasteiger partial charge on any atom is 0.303 e. The van der Waals surface area contributed by atoms with E-state index >= 15 is 0 Å². The molecular formula is C27H31NO5S2. The van der Waals surface area contributed by atoms with Gasteiger partial charge in [0, 0.05) is 13.0 Å². The van der Waals surface area contributed by atoms with E-state index in [1.165, 1.54) is 22.2 Å². The first kappa shape index (κ1) is 26.8. The van der Waals surface area contributed by atoms with Crippen LogP contribution < -0.4 is 9.47 Å². The lowest BCUT2D eigenvalue weighted by molar-refractivity contribution is -0.137. The molecule has 1 N–H and O–H groups in total. The number of carbonyl (C=O) groups is 2. The highest BCUT2D eigenvalue weighted by atomic mass is 32.2. The predicted molar refractivity (Wildman–Crippen MR) is 144 cm³/mol. The number of carboxylic acid groups (broad SMARTS) is 1. The number of rotatable bonds is 10. The number of aliphatic carboxylic acids is 1. The van der Waals surface area contributed by atoms with E-state index in [2.05, 4.69) is 45.0 Å². The van der Waals surface area contributed by atoms with Crippen LogP contribution in [0, 0.1) is 0 Å². The van der Waals surface area contributed by atoms with Gasteiger partial charge in [0.25, 0.3) is 5.91 Å². The molecule has 0 radical (unpaired) electrons. The zero-order chi connectivity index (χ0) is 25.6. The zero-order valence-corrected chi connectivity index (χ0v) is 22.1. The number of carboxylic acids is 1. The van der Waals surface area contributed by atoms with Gasteiger partial charge in [-0.1, -0.05) is 75.1 Å². The Morgan fingerprint density at radius 2 is 1.83 bits per heavy atom. The number of thioether (sulfide) groups is 1. The SMILES string of the molecule is CCOc1cc(/C=C2/SC(=S)N(CCCC(=O)O)C2=O)ccc1OCc1ccc(C(C)(C)C)cc1. The van der Waals surface area contributed by atoms with Gasteiger partial charge < -0.3 is 14.6 Å². The smallest absolute Gasteiger partial charge is 0.303 e. The largest absolute Gasteiger partial charge is 0.490 e. The lowest BCUT2D eigenvalue weighted by atomic mass is 9.87. The Kier molecular flexibility index (Phi) is 8.97. The molecule has 0 aromatic heterocycles. The van der Waals surface area contributed by atoms with Gasteiger partial charge in [-0.2, -0.15) is 0 Å². The maximum atomic E-state index is 12.8. The third kappa shape index (κ3) is 7.32. The molecule has 0 aliphatic carbocycles. The van der Waals surface area contributed by atoms with Crippen LogP contribution >= 0.6 is 24.0 Å². The fraction of sp³-hybridized carbons (Fsp3) is 0.370. The van der Waals surface area contributed by atoms with Gasteiger partial charge in [0.15, 0.2) is 11.5 Å². The van der Waals surface area contributed by atoms with Crippen molar-refractivity contribution in [1.82, 2.24) is 4.90 Å². The van der Waals surface area contributed by atoms with E-state index in [1.54, 1.807) is 6.08 Å². The van der Waals surface area contributed by atoms with Crippen LogP contribution in [0.2, 0.25) is 0 Å². The average Bonchev–Trinajstić information content (AvgIpc) is 3.05. The second kappa shape index (κ2) is 11.7. The van der Waals surface area contributed by atoms with Crippen LogP contribution in [-0.4, -0.2) is 39.4 Å². The fourth-order valence-electron chi connectivity index (χ4n) is 3.50. The number of nitrogens with zero attached hydrogens (tertiary/aromatic N) is 1. The Morgan fingerprint density at radius 3 is 2.46 bits per heavy atom. The molecule has 0 saturated carbocycles. The number of hydrogen-bond donors (Lipinski definition) is 1. The summed E-state index contributed by atoms with van der Waals surface area (Å²) < 4.78 is 12.3. The minimum Gasteiger partial charge on any atom is -0.490 e. The van der Waals surface area contributed by atoms with Crippen molar-refractivity contribution in [2.24, 2.45) is 0 Å². The van der Waals surface area contributed by atoms with Crippen molar-refractivity contribution >= 4 is 46.3 Å². The number of carbonyl (C=O) groups excluding carboxylic acids is 1. The van der Waals surface area contributed by atoms with E-state index < -0.39 is 5.97 Å². The topological polar surface area (TPSA) is 76.1 Å². The van der Waals surface area contributed by atoms with Crippen molar-refractivity contribution in [3.63, 3.8) is 0 Å². The van der Waals surface area contributed by atoms with E-state index in [1.807, 2.05) is 25.1 Å². The van der Waals surface area contributed by atoms with Crippen LogP contribution in [0.5, 0.6) is 11.5 Å². The highest BCUT2D eigenvalue weighted by Gasteiger charge is 2.31. The van der Waals surface area contributed by atoms with E-state index in [0.717, 1.165) is 11.1 Å². The molecule has 0 spiro atoms. The van der Waals surface area contributed by atoms with Gasteiger partial charge in [0.05, 0.1) is 11.5 Å². The maximum absolute atomic E-state index is 12.8.